The number of carbonyl (C=O) groups is 1. The van der Waals surface area contributed by atoms with Gasteiger partial charge in [0.05, 0.1) is 17.6 Å². The first-order valence-electron chi connectivity index (χ1n) is 9.77. The van der Waals surface area contributed by atoms with Crippen molar-refractivity contribution in [3.05, 3.63) is 48.0 Å². The molecule has 1 saturated heterocycles. The number of nitrogens with zero attached hydrogens (tertiary/aromatic N) is 5. The molecule has 7 heteroatoms. The molecule has 0 aliphatic carbocycles. The Morgan fingerprint density at radius 3 is 2.68 bits per heavy atom. The van der Waals surface area contributed by atoms with Crippen LogP contribution in [0.3, 0.4) is 0 Å². The molecule has 2 aromatic heterocycles. The van der Waals surface area contributed by atoms with Crippen molar-refractivity contribution >= 4 is 17.6 Å². The van der Waals surface area contributed by atoms with E-state index in [2.05, 4.69) is 26.8 Å². The first kappa shape index (κ1) is 18.6. The summed E-state index contributed by atoms with van der Waals surface area (Å²) < 4.78 is 16.5. The fourth-order valence-corrected chi connectivity index (χ4v) is 3.66. The summed E-state index contributed by atoms with van der Waals surface area (Å²) in [6.07, 6.45) is 4.75. The topological polar surface area (TPSA) is 53.7 Å². The number of carbonyl (C=O) groups excluding carboxylic acids is 1. The third kappa shape index (κ3) is 3.62. The molecule has 1 aliphatic rings. The Labute approximate surface area is 163 Å². The highest BCUT2D eigenvalue weighted by Crippen LogP contribution is 2.27. The van der Waals surface area contributed by atoms with Gasteiger partial charge in [-0.2, -0.15) is 5.10 Å². The summed E-state index contributed by atoms with van der Waals surface area (Å²) in [5.74, 6) is -0.249. The predicted molar refractivity (Wildman–Crippen MR) is 107 cm³/mol. The highest BCUT2D eigenvalue weighted by molar-refractivity contribution is 5.73. The van der Waals surface area contributed by atoms with Gasteiger partial charge in [0.25, 0.3) is 0 Å². The molecule has 4 rings (SSSR count). The second-order valence-corrected chi connectivity index (χ2v) is 7.14. The third-order valence-corrected chi connectivity index (χ3v) is 5.29. The molecule has 1 aromatic carbocycles. The Bertz CT molecular complexity index is 978. The van der Waals surface area contributed by atoms with Crippen molar-refractivity contribution in [3.63, 3.8) is 0 Å². The van der Waals surface area contributed by atoms with E-state index >= 15 is 0 Å². The van der Waals surface area contributed by atoms with Crippen molar-refractivity contribution in [1.29, 1.82) is 0 Å². The second-order valence-electron chi connectivity index (χ2n) is 7.14. The maximum atomic E-state index is 14.9. The number of benzene rings is 1. The summed E-state index contributed by atoms with van der Waals surface area (Å²) in [6.45, 7) is 6.92. The molecule has 0 N–H and O–H groups in total. The lowest BCUT2D eigenvalue weighted by Crippen LogP contribution is -2.46. The number of unbranched alkanes of at least 4 members (excludes halogenated alkanes) is 1. The SMILES string of the molecule is CCCCN1CCN(c2ccc(-c3cnc4ccc(C=O)nn34)cc2F)CC1. The molecule has 0 saturated carbocycles. The Morgan fingerprint density at radius 1 is 1.14 bits per heavy atom. The van der Waals surface area contributed by atoms with Crippen LogP contribution in [0.5, 0.6) is 0 Å². The van der Waals surface area contributed by atoms with Crippen LogP contribution in [-0.4, -0.2) is 58.5 Å². The van der Waals surface area contributed by atoms with Gasteiger partial charge in [0.1, 0.15) is 11.5 Å². The van der Waals surface area contributed by atoms with Gasteiger partial charge in [-0.25, -0.2) is 13.9 Å². The second kappa shape index (κ2) is 8.06. The summed E-state index contributed by atoms with van der Waals surface area (Å²) in [7, 11) is 0. The van der Waals surface area contributed by atoms with Gasteiger partial charge in [-0.05, 0) is 37.2 Å². The zero-order chi connectivity index (χ0) is 19.5. The van der Waals surface area contributed by atoms with Crippen molar-refractivity contribution in [2.24, 2.45) is 0 Å². The number of hydrogen-bond acceptors (Lipinski definition) is 5. The number of halogens is 1. The monoisotopic (exact) mass is 381 g/mol. The molecule has 3 heterocycles. The van der Waals surface area contributed by atoms with Gasteiger partial charge >= 0.3 is 0 Å². The minimum Gasteiger partial charge on any atom is -0.367 e. The molecule has 28 heavy (non-hydrogen) atoms. The van der Waals surface area contributed by atoms with Crippen molar-refractivity contribution < 1.29 is 9.18 Å². The highest BCUT2D eigenvalue weighted by atomic mass is 19.1. The average molecular weight is 381 g/mol. The fourth-order valence-electron chi connectivity index (χ4n) is 3.66. The van der Waals surface area contributed by atoms with E-state index in [1.54, 1.807) is 22.8 Å². The molecule has 0 radical (unpaired) electrons. The predicted octanol–water partition coefficient (Wildman–Crippen LogP) is 3.27. The largest absolute Gasteiger partial charge is 0.367 e. The number of piperazine rings is 1. The molecule has 3 aromatic rings. The zero-order valence-corrected chi connectivity index (χ0v) is 16.0. The molecule has 0 unspecified atom stereocenters. The van der Waals surface area contributed by atoms with Gasteiger partial charge < -0.3 is 4.90 Å². The Kier molecular flexibility index (Phi) is 5.34. The maximum absolute atomic E-state index is 14.9. The first-order valence-corrected chi connectivity index (χ1v) is 9.77. The van der Waals surface area contributed by atoms with Gasteiger partial charge in [0.2, 0.25) is 0 Å². The van der Waals surface area contributed by atoms with Crippen LogP contribution in [0.1, 0.15) is 30.3 Å². The van der Waals surface area contributed by atoms with Crippen molar-refractivity contribution in [3.8, 4) is 11.3 Å². The minimum absolute atomic E-state index is 0.249. The standard InChI is InChI=1S/C21H24FN5O/c1-2-3-8-25-9-11-26(12-10-25)19-6-4-16(13-18(19)22)20-14-23-21-7-5-17(15-28)24-27(20)21/h4-7,13-15H,2-3,8-12H2,1H3. The van der Waals surface area contributed by atoms with Gasteiger partial charge in [0, 0.05) is 31.7 Å². The first-order chi connectivity index (χ1) is 13.7. The van der Waals surface area contributed by atoms with Crippen LogP contribution in [0.4, 0.5) is 10.1 Å². The number of hydrogen-bond donors (Lipinski definition) is 0. The van der Waals surface area contributed by atoms with E-state index in [0.717, 1.165) is 32.7 Å². The summed E-state index contributed by atoms with van der Waals surface area (Å²) in [4.78, 5) is 19.9. The smallest absolute Gasteiger partial charge is 0.170 e. The van der Waals surface area contributed by atoms with E-state index in [9.17, 15) is 9.18 Å². The number of aromatic nitrogens is 3. The number of imidazole rings is 1. The summed E-state index contributed by atoms with van der Waals surface area (Å²) >= 11 is 0. The van der Waals surface area contributed by atoms with Crippen molar-refractivity contribution in [2.45, 2.75) is 19.8 Å². The van der Waals surface area contributed by atoms with Gasteiger partial charge in [-0.3, -0.25) is 9.69 Å². The summed E-state index contributed by atoms with van der Waals surface area (Å²) in [6, 6.07) is 8.58. The molecule has 6 nitrogen and oxygen atoms in total. The van der Waals surface area contributed by atoms with Crippen LogP contribution >= 0.6 is 0 Å². The lowest BCUT2D eigenvalue weighted by atomic mass is 10.1. The zero-order valence-electron chi connectivity index (χ0n) is 16.0. The highest BCUT2D eigenvalue weighted by Gasteiger charge is 2.20. The van der Waals surface area contributed by atoms with Crippen LogP contribution < -0.4 is 4.90 Å². The minimum atomic E-state index is -0.249. The van der Waals surface area contributed by atoms with E-state index in [1.165, 1.54) is 18.9 Å². The van der Waals surface area contributed by atoms with Crippen LogP contribution in [0.25, 0.3) is 16.9 Å². The van der Waals surface area contributed by atoms with E-state index in [-0.39, 0.29) is 5.82 Å². The van der Waals surface area contributed by atoms with Crippen molar-refractivity contribution in [1.82, 2.24) is 19.5 Å². The Hall–Kier alpha value is -2.80. The van der Waals surface area contributed by atoms with Crippen LogP contribution in [0.2, 0.25) is 0 Å². The molecule has 146 valence electrons. The quantitative estimate of drug-likeness (QED) is 0.614. The van der Waals surface area contributed by atoms with Gasteiger partial charge in [-0.15, -0.1) is 0 Å². The molecule has 0 spiro atoms. The average Bonchev–Trinajstić information content (AvgIpc) is 3.15. The van der Waals surface area contributed by atoms with E-state index in [4.69, 9.17) is 0 Å². The molecule has 0 amide bonds. The molecule has 0 bridgehead atoms. The van der Waals surface area contributed by atoms with Crippen molar-refractivity contribution in [2.75, 3.05) is 37.6 Å². The molecule has 1 fully saturated rings. The number of fused-ring (bicyclic) bond motifs is 1. The number of aldehydes is 1. The molecule has 1 aliphatic heterocycles. The molecule has 0 atom stereocenters. The van der Waals surface area contributed by atoms with E-state index < -0.39 is 0 Å². The van der Waals surface area contributed by atoms with Gasteiger partial charge in [0.15, 0.2) is 11.9 Å². The summed E-state index contributed by atoms with van der Waals surface area (Å²) in [5, 5.41) is 4.25. The van der Waals surface area contributed by atoms with Crippen LogP contribution in [0.15, 0.2) is 36.5 Å². The molecular weight excluding hydrogens is 357 g/mol. The van der Waals surface area contributed by atoms with Crippen LogP contribution in [0, 0.1) is 5.82 Å². The molecular formula is C21H24FN5O. The normalized spacial score (nSPS) is 15.3. The maximum Gasteiger partial charge on any atom is 0.170 e. The summed E-state index contributed by atoms with van der Waals surface area (Å²) in [5.41, 5.74) is 2.91. The lowest BCUT2D eigenvalue weighted by Gasteiger charge is -2.36. The Balaban J connectivity index is 1.55. The fraction of sp³-hybridized carbons (Fsp3) is 0.381. The lowest BCUT2D eigenvalue weighted by molar-refractivity contribution is 0.111. The van der Waals surface area contributed by atoms with E-state index in [0.29, 0.717) is 34.6 Å². The number of rotatable bonds is 6. The Morgan fingerprint density at radius 2 is 1.96 bits per heavy atom. The number of anilines is 1. The third-order valence-electron chi connectivity index (χ3n) is 5.29. The van der Waals surface area contributed by atoms with E-state index in [1.807, 2.05) is 12.1 Å². The van der Waals surface area contributed by atoms with Gasteiger partial charge in [-0.1, -0.05) is 19.4 Å². The van der Waals surface area contributed by atoms with Crippen LogP contribution in [-0.2, 0) is 0 Å².